The summed E-state index contributed by atoms with van der Waals surface area (Å²) in [5.74, 6) is -5.26. The van der Waals surface area contributed by atoms with Gasteiger partial charge in [-0.1, -0.05) is 34.8 Å². The molecule has 0 radical (unpaired) electrons. The number of sulfonamides is 1. The Hall–Kier alpha value is -3.74. The third kappa shape index (κ3) is 6.97. The summed E-state index contributed by atoms with van der Waals surface area (Å²) in [6.45, 7) is 0. The third-order valence-corrected chi connectivity index (χ3v) is 6.31. The number of anilines is 1. The van der Waals surface area contributed by atoms with Gasteiger partial charge in [-0.2, -0.15) is 37.2 Å². The molecule has 3 aromatic heterocycles. The molecule has 4 N–H and O–H groups in total. The van der Waals surface area contributed by atoms with E-state index < -0.39 is 65.5 Å². The van der Waals surface area contributed by atoms with Crippen molar-refractivity contribution in [1.82, 2.24) is 29.5 Å². The van der Waals surface area contributed by atoms with E-state index in [2.05, 4.69) is 25.4 Å². The van der Waals surface area contributed by atoms with Crippen molar-refractivity contribution in [3.05, 3.63) is 38.7 Å². The fraction of sp³-hybridized carbons (Fsp3) is 0.176. The van der Waals surface area contributed by atoms with Crippen molar-refractivity contribution in [2.75, 3.05) is 19.5 Å². The normalized spacial score (nSPS) is 10.7. The lowest BCUT2D eigenvalue weighted by Gasteiger charge is -2.10. The Morgan fingerprint density at radius 2 is 1.53 bits per heavy atom. The molecule has 3 heterocycles. The van der Waals surface area contributed by atoms with E-state index in [9.17, 15) is 26.8 Å². The van der Waals surface area contributed by atoms with Crippen LogP contribution in [0.1, 0.15) is 10.4 Å². The van der Waals surface area contributed by atoms with Crippen LogP contribution in [-0.2, 0) is 17.1 Å². The van der Waals surface area contributed by atoms with Gasteiger partial charge >= 0.3 is 12.0 Å². The molecule has 0 unspecified atom stereocenters. The van der Waals surface area contributed by atoms with Crippen LogP contribution >= 0.6 is 34.8 Å². The Labute approximate surface area is 226 Å². The highest BCUT2D eigenvalue weighted by Crippen LogP contribution is 2.33. The topological polar surface area (TPSA) is 208 Å². The molecular weight excluding hydrogens is 607 g/mol. The highest BCUT2D eigenvalue weighted by atomic mass is 35.5. The van der Waals surface area contributed by atoms with Crippen LogP contribution < -0.4 is 19.5 Å². The molecule has 38 heavy (non-hydrogen) atoms. The largest absolute Gasteiger partial charge is 0.505 e. The minimum atomic E-state index is -4.64. The van der Waals surface area contributed by atoms with Crippen LogP contribution in [0.25, 0.3) is 0 Å². The second-order valence-corrected chi connectivity index (χ2v) is 9.12. The number of rotatable bonds is 6. The number of urea groups is 1. The van der Waals surface area contributed by atoms with Crippen LogP contribution in [-0.4, -0.2) is 69.6 Å². The minimum absolute atomic E-state index is 0.0478. The summed E-state index contributed by atoms with van der Waals surface area (Å²) in [7, 11) is -0.858. The summed E-state index contributed by atoms with van der Waals surface area (Å²) < 4.78 is 61.6. The molecule has 0 saturated heterocycles. The maximum absolute atomic E-state index is 12.4. The molecule has 2 amide bonds. The molecule has 0 aliphatic heterocycles. The smallest absolute Gasteiger partial charge is 0.341 e. The molecule has 0 aliphatic rings. The van der Waals surface area contributed by atoms with E-state index in [0.29, 0.717) is 4.68 Å². The SMILES string of the molecule is COc1cc(OC)nc(NC(=O)NS(=O)(=O)c2c(C(=O)O)c(Cl)nn2C)n1.Oc1c(Cl)c(F)nc(F)c1Cl. The van der Waals surface area contributed by atoms with Gasteiger partial charge < -0.3 is 19.7 Å². The van der Waals surface area contributed by atoms with Crippen LogP contribution in [0.4, 0.5) is 19.5 Å². The molecular formula is C17H14Cl3F2N7O8S. The minimum Gasteiger partial charge on any atom is -0.505 e. The number of ether oxygens (including phenoxy) is 2. The average molecular weight is 621 g/mol. The van der Waals surface area contributed by atoms with Crippen LogP contribution in [0.3, 0.4) is 0 Å². The molecule has 0 aliphatic carbocycles. The zero-order valence-electron chi connectivity index (χ0n) is 19.0. The lowest BCUT2D eigenvalue weighted by molar-refractivity contribution is 0.0692. The highest BCUT2D eigenvalue weighted by Gasteiger charge is 2.32. The fourth-order valence-corrected chi connectivity index (χ4v) is 4.30. The van der Waals surface area contributed by atoms with Crippen molar-refractivity contribution >= 4 is 62.8 Å². The van der Waals surface area contributed by atoms with Gasteiger partial charge in [-0.15, -0.1) is 0 Å². The van der Waals surface area contributed by atoms with Gasteiger partial charge in [0, 0.05) is 7.05 Å². The number of halogens is 5. The predicted molar refractivity (Wildman–Crippen MR) is 125 cm³/mol. The summed E-state index contributed by atoms with van der Waals surface area (Å²) in [5.41, 5.74) is -0.779. The number of hydrogen-bond donors (Lipinski definition) is 4. The Morgan fingerprint density at radius 3 is 1.97 bits per heavy atom. The molecule has 3 aromatic rings. The van der Waals surface area contributed by atoms with Gasteiger partial charge in [0.25, 0.3) is 10.0 Å². The van der Waals surface area contributed by atoms with Crippen LogP contribution in [0.15, 0.2) is 11.1 Å². The van der Waals surface area contributed by atoms with Crippen LogP contribution in [0.2, 0.25) is 15.2 Å². The van der Waals surface area contributed by atoms with Crippen molar-refractivity contribution in [3.8, 4) is 17.5 Å². The number of aromatic nitrogens is 5. The third-order valence-electron chi connectivity index (χ3n) is 3.94. The molecule has 3 rings (SSSR count). The van der Waals surface area contributed by atoms with Crippen molar-refractivity contribution in [2.45, 2.75) is 5.03 Å². The summed E-state index contributed by atoms with van der Waals surface area (Å²) in [5, 5.41) is 20.8. The van der Waals surface area contributed by atoms with Crippen molar-refractivity contribution in [2.24, 2.45) is 7.05 Å². The van der Waals surface area contributed by atoms with Crippen molar-refractivity contribution in [1.29, 1.82) is 0 Å². The highest BCUT2D eigenvalue weighted by molar-refractivity contribution is 7.90. The summed E-state index contributed by atoms with van der Waals surface area (Å²) in [6.07, 6.45) is 0. The van der Waals surface area contributed by atoms with Gasteiger partial charge in [-0.25, -0.2) is 14.3 Å². The fourth-order valence-electron chi connectivity index (χ4n) is 2.41. The number of aromatic carboxylic acids is 1. The summed E-state index contributed by atoms with van der Waals surface area (Å²) in [6, 6.07) is 0.0651. The van der Waals surface area contributed by atoms with Crippen molar-refractivity contribution in [3.63, 3.8) is 0 Å². The van der Waals surface area contributed by atoms with Crippen LogP contribution in [0, 0.1) is 11.9 Å². The lowest BCUT2D eigenvalue weighted by Crippen LogP contribution is -2.36. The Bertz CT molecular complexity index is 1460. The van der Waals surface area contributed by atoms with E-state index >= 15 is 0 Å². The lowest BCUT2D eigenvalue weighted by atomic mass is 10.4. The molecule has 0 fully saturated rings. The van der Waals surface area contributed by atoms with E-state index in [1.165, 1.54) is 20.3 Å². The van der Waals surface area contributed by atoms with Gasteiger partial charge in [0.1, 0.15) is 15.6 Å². The monoisotopic (exact) mass is 619 g/mol. The quantitative estimate of drug-likeness (QED) is 0.293. The number of nitrogens with zero attached hydrogens (tertiary/aromatic N) is 5. The van der Waals surface area contributed by atoms with E-state index in [4.69, 9.17) is 54.5 Å². The standard InChI is InChI=1S/C12H13ClN6O7S.C5HCl2F2NO/c1-19-9(7(10(20)21)8(13)17-19)27(23,24)18-12(22)16-11-14-5(25-2)4-6(15-11)26-3;6-1-3(11)2(7)5(9)10-4(1)8/h4H,1-3H3,(H,20,21)(H2,14,15,16,18,22);(H,10,11). The van der Waals surface area contributed by atoms with Gasteiger partial charge in [-0.3, -0.25) is 10.00 Å². The number of methoxy groups -OCH3 is 2. The number of carbonyl (C=O) groups excluding carboxylic acids is 1. The van der Waals surface area contributed by atoms with Gasteiger partial charge in [0.2, 0.25) is 29.6 Å². The number of aryl methyl sites for hydroxylation is 1. The van der Waals surface area contributed by atoms with Gasteiger partial charge in [0.05, 0.1) is 20.3 Å². The van der Waals surface area contributed by atoms with Crippen molar-refractivity contribution < 1.29 is 46.5 Å². The Balaban J connectivity index is 0.000000384. The number of aromatic hydroxyl groups is 1. The molecule has 0 aromatic carbocycles. The number of pyridine rings is 1. The average Bonchev–Trinajstić information content (AvgIpc) is 3.15. The second kappa shape index (κ2) is 12.2. The van der Waals surface area contributed by atoms with Gasteiger partial charge in [-0.05, 0) is 0 Å². The first-order valence-corrected chi connectivity index (χ1v) is 11.9. The molecule has 0 saturated carbocycles. The maximum Gasteiger partial charge on any atom is 0.341 e. The first kappa shape index (κ1) is 30.5. The second-order valence-electron chi connectivity index (χ2n) is 6.41. The number of carbonyl (C=O) groups is 2. The Kier molecular flexibility index (Phi) is 9.79. The maximum atomic E-state index is 12.4. The summed E-state index contributed by atoms with van der Waals surface area (Å²) >= 11 is 15.9. The zero-order valence-corrected chi connectivity index (χ0v) is 22.0. The number of carboxylic acid groups (broad SMARTS) is 1. The van der Waals surface area contributed by atoms with E-state index in [1.807, 2.05) is 0 Å². The number of carboxylic acids is 1. The number of hydrogen-bond acceptors (Lipinski definition) is 11. The first-order chi connectivity index (χ1) is 17.6. The molecule has 15 nitrogen and oxygen atoms in total. The predicted octanol–water partition coefficient (Wildman–Crippen LogP) is 2.46. The van der Waals surface area contributed by atoms with E-state index in [0.717, 1.165) is 7.05 Å². The molecule has 0 spiro atoms. The molecule has 0 atom stereocenters. The van der Waals surface area contributed by atoms with Crippen LogP contribution in [0.5, 0.6) is 17.5 Å². The zero-order chi connectivity index (χ0) is 28.9. The number of nitrogens with one attached hydrogen (secondary N) is 2. The first-order valence-electron chi connectivity index (χ1n) is 9.28. The van der Waals surface area contributed by atoms with E-state index in [-0.39, 0.29) is 17.7 Å². The van der Waals surface area contributed by atoms with E-state index in [1.54, 1.807) is 4.72 Å². The van der Waals surface area contributed by atoms with Gasteiger partial charge in [0.15, 0.2) is 15.9 Å². The molecule has 21 heteroatoms. The summed E-state index contributed by atoms with van der Waals surface area (Å²) in [4.78, 5) is 33.5. The molecule has 206 valence electrons. The number of amides is 2. The molecule has 0 bridgehead atoms. The Morgan fingerprint density at radius 1 is 1.03 bits per heavy atom.